The lowest BCUT2D eigenvalue weighted by Crippen LogP contribution is -2.55. The van der Waals surface area contributed by atoms with Crippen molar-refractivity contribution in [2.75, 3.05) is 6.54 Å². The van der Waals surface area contributed by atoms with Crippen molar-refractivity contribution < 1.29 is 33.9 Å². The summed E-state index contributed by atoms with van der Waals surface area (Å²) in [6.07, 6.45) is -1.07. The van der Waals surface area contributed by atoms with Crippen molar-refractivity contribution in [2.24, 2.45) is 17.2 Å². The zero-order valence-corrected chi connectivity index (χ0v) is 17.1. The molecule has 0 aromatic heterocycles. The number of carboxylic acid groups (broad SMARTS) is 1. The Labute approximate surface area is 183 Å². The van der Waals surface area contributed by atoms with Crippen molar-refractivity contribution in [3.63, 3.8) is 0 Å². The molecule has 13 nitrogen and oxygen atoms in total. The molecule has 0 heterocycles. The molecule has 32 heavy (non-hydrogen) atoms. The van der Waals surface area contributed by atoms with Gasteiger partial charge in [0.2, 0.25) is 29.5 Å². The Morgan fingerprint density at radius 2 is 1.44 bits per heavy atom. The van der Waals surface area contributed by atoms with E-state index in [0.29, 0.717) is 5.56 Å². The highest BCUT2D eigenvalue weighted by Crippen LogP contribution is 2.04. The van der Waals surface area contributed by atoms with Gasteiger partial charge in [-0.1, -0.05) is 30.3 Å². The van der Waals surface area contributed by atoms with Gasteiger partial charge in [0.1, 0.15) is 12.1 Å². The molecule has 5 amide bonds. The summed E-state index contributed by atoms with van der Waals surface area (Å²) in [4.78, 5) is 70.0. The standard InChI is InChI=1S/C19H26N6O7/c20-11(7-14(21)26)17(29)23-9-16(28)24-12(8-15(22)27)18(30)25-13(19(31)32)6-10-4-2-1-3-5-10/h1-5,11-13H,6-9,20H2,(H2,21,26)(H2,22,27)(H,23,29)(H,24,28)(H,25,30)(H,31,32). The number of carbonyl (C=O) groups is 6. The molecule has 0 bridgehead atoms. The number of amides is 5. The minimum absolute atomic E-state index is 0.0348. The van der Waals surface area contributed by atoms with Crippen LogP contribution in [0.25, 0.3) is 0 Å². The van der Waals surface area contributed by atoms with Gasteiger partial charge in [0.25, 0.3) is 0 Å². The average Bonchev–Trinajstić information content (AvgIpc) is 2.70. The van der Waals surface area contributed by atoms with Gasteiger partial charge in [0.15, 0.2) is 0 Å². The number of aliphatic carboxylic acids is 1. The molecule has 0 saturated heterocycles. The first-order chi connectivity index (χ1) is 15.0. The smallest absolute Gasteiger partial charge is 0.326 e. The maximum Gasteiger partial charge on any atom is 0.326 e. The summed E-state index contributed by atoms with van der Waals surface area (Å²) in [7, 11) is 0. The first kappa shape index (κ1) is 26.0. The summed E-state index contributed by atoms with van der Waals surface area (Å²) in [5.74, 6) is -5.70. The highest BCUT2D eigenvalue weighted by atomic mass is 16.4. The molecule has 0 saturated carbocycles. The first-order valence-electron chi connectivity index (χ1n) is 9.46. The molecule has 1 aromatic carbocycles. The molecular weight excluding hydrogens is 424 g/mol. The minimum Gasteiger partial charge on any atom is -0.480 e. The average molecular weight is 450 g/mol. The van der Waals surface area contributed by atoms with Gasteiger partial charge in [-0.05, 0) is 5.56 Å². The van der Waals surface area contributed by atoms with Crippen molar-refractivity contribution in [2.45, 2.75) is 37.4 Å². The number of nitrogens with one attached hydrogen (secondary N) is 3. The molecule has 3 unspecified atom stereocenters. The van der Waals surface area contributed by atoms with Crippen LogP contribution in [0.2, 0.25) is 0 Å². The second-order valence-corrected chi connectivity index (χ2v) is 6.87. The zero-order valence-electron chi connectivity index (χ0n) is 17.1. The molecule has 1 aromatic rings. The molecule has 3 atom stereocenters. The summed E-state index contributed by atoms with van der Waals surface area (Å²) < 4.78 is 0. The van der Waals surface area contributed by atoms with Gasteiger partial charge in [-0.15, -0.1) is 0 Å². The van der Waals surface area contributed by atoms with E-state index >= 15 is 0 Å². The monoisotopic (exact) mass is 450 g/mol. The van der Waals surface area contributed by atoms with Gasteiger partial charge in [-0.25, -0.2) is 4.79 Å². The molecule has 0 radical (unpaired) electrons. The van der Waals surface area contributed by atoms with Crippen LogP contribution in [-0.2, 0) is 35.2 Å². The third kappa shape index (κ3) is 9.67. The second-order valence-electron chi connectivity index (χ2n) is 6.87. The first-order valence-corrected chi connectivity index (χ1v) is 9.46. The molecule has 174 valence electrons. The summed E-state index contributed by atoms with van der Waals surface area (Å²) >= 11 is 0. The molecule has 0 aliphatic heterocycles. The number of carboxylic acids is 1. The molecule has 0 aliphatic rings. The SMILES string of the molecule is NC(=O)CC(N)C(=O)NCC(=O)NC(CC(N)=O)C(=O)NC(Cc1ccccc1)C(=O)O. The lowest BCUT2D eigenvalue weighted by Gasteiger charge is -2.21. The summed E-state index contributed by atoms with van der Waals surface area (Å²) in [5.41, 5.74) is 16.1. The van der Waals surface area contributed by atoms with Gasteiger partial charge in [0.05, 0.1) is 25.4 Å². The van der Waals surface area contributed by atoms with Crippen LogP contribution in [0.1, 0.15) is 18.4 Å². The van der Waals surface area contributed by atoms with Crippen LogP contribution in [-0.4, -0.2) is 65.3 Å². The van der Waals surface area contributed by atoms with Crippen molar-refractivity contribution in [3.8, 4) is 0 Å². The molecule has 1 rings (SSSR count). The van der Waals surface area contributed by atoms with Crippen LogP contribution in [0.3, 0.4) is 0 Å². The van der Waals surface area contributed by atoms with Gasteiger partial charge >= 0.3 is 5.97 Å². The van der Waals surface area contributed by atoms with Gasteiger partial charge in [0, 0.05) is 6.42 Å². The molecule has 0 fully saturated rings. The Hall–Kier alpha value is -4.00. The Bertz CT molecular complexity index is 861. The maximum absolute atomic E-state index is 12.5. The van der Waals surface area contributed by atoms with Gasteiger partial charge < -0.3 is 38.3 Å². The van der Waals surface area contributed by atoms with Crippen molar-refractivity contribution in [3.05, 3.63) is 35.9 Å². The van der Waals surface area contributed by atoms with Crippen LogP contribution >= 0.6 is 0 Å². The summed E-state index contributed by atoms with van der Waals surface area (Å²) in [6.45, 7) is -0.625. The Morgan fingerprint density at radius 3 is 1.97 bits per heavy atom. The summed E-state index contributed by atoms with van der Waals surface area (Å²) in [6, 6.07) is 4.44. The molecule has 13 heteroatoms. The Kier molecular flexibility index (Phi) is 10.3. The zero-order chi connectivity index (χ0) is 24.3. The number of benzene rings is 1. The lowest BCUT2D eigenvalue weighted by atomic mass is 10.1. The van der Waals surface area contributed by atoms with E-state index in [-0.39, 0.29) is 6.42 Å². The molecule has 0 aliphatic carbocycles. The maximum atomic E-state index is 12.5. The number of carbonyl (C=O) groups excluding carboxylic acids is 5. The van der Waals surface area contributed by atoms with Crippen LogP contribution in [0.5, 0.6) is 0 Å². The van der Waals surface area contributed by atoms with E-state index < -0.39 is 73.0 Å². The second kappa shape index (κ2) is 12.6. The number of nitrogens with two attached hydrogens (primary N) is 3. The number of primary amides is 2. The van der Waals surface area contributed by atoms with E-state index in [9.17, 15) is 33.9 Å². The summed E-state index contributed by atoms with van der Waals surface area (Å²) in [5, 5.41) is 16.0. The molecule has 0 spiro atoms. The van der Waals surface area contributed by atoms with Crippen molar-refractivity contribution >= 4 is 35.5 Å². The topological polar surface area (TPSA) is 237 Å². The quantitative estimate of drug-likeness (QED) is 0.158. The highest BCUT2D eigenvalue weighted by Gasteiger charge is 2.28. The third-order valence-electron chi connectivity index (χ3n) is 4.14. The van der Waals surface area contributed by atoms with Crippen LogP contribution in [0.4, 0.5) is 0 Å². The minimum atomic E-state index is -1.48. The fourth-order valence-corrected chi connectivity index (χ4v) is 2.59. The number of rotatable bonds is 13. The number of hydrogen-bond donors (Lipinski definition) is 7. The Balaban J connectivity index is 2.74. The molecule has 10 N–H and O–H groups in total. The van der Waals surface area contributed by atoms with Crippen molar-refractivity contribution in [1.82, 2.24) is 16.0 Å². The van der Waals surface area contributed by atoms with Crippen molar-refractivity contribution in [1.29, 1.82) is 0 Å². The highest BCUT2D eigenvalue weighted by molar-refractivity contribution is 5.95. The predicted octanol–water partition coefficient (Wildman–Crippen LogP) is -3.52. The third-order valence-corrected chi connectivity index (χ3v) is 4.14. The van der Waals surface area contributed by atoms with E-state index in [1.54, 1.807) is 30.3 Å². The predicted molar refractivity (Wildman–Crippen MR) is 110 cm³/mol. The van der Waals surface area contributed by atoms with E-state index in [1.807, 2.05) is 0 Å². The van der Waals surface area contributed by atoms with Gasteiger partial charge in [-0.3, -0.25) is 24.0 Å². The van der Waals surface area contributed by atoms with Crippen LogP contribution in [0, 0.1) is 0 Å². The van der Waals surface area contributed by atoms with E-state index in [1.165, 1.54) is 0 Å². The number of hydrogen-bond acceptors (Lipinski definition) is 7. The fourth-order valence-electron chi connectivity index (χ4n) is 2.59. The fraction of sp³-hybridized carbons (Fsp3) is 0.368. The largest absolute Gasteiger partial charge is 0.480 e. The molecular formula is C19H26N6O7. The lowest BCUT2D eigenvalue weighted by molar-refractivity contribution is -0.142. The Morgan fingerprint density at radius 1 is 0.844 bits per heavy atom. The van der Waals surface area contributed by atoms with E-state index in [4.69, 9.17) is 17.2 Å². The van der Waals surface area contributed by atoms with E-state index in [2.05, 4.69) is 16.0 Å². The van der Waals surface area contributed by atoms with Crippen LogP contribution < -0.4 is 33.2 Å². The van der Waals surface area contributed by atoms with Crippen LogP contribution in [0.15, 0.2) is 30.3 Å². The van der Waals surface area contributed by atoms with Gasteiger partial charge in [-0.2, -0.15) is 0 Å². The normalized spacial score (nSPS) is 13.2. The van der Waals surface area contributed by atoms with E-state index in [0.717, 1.165) is 0 Å².